The summed E-state index contributed by atoms with van der Waals surface area (Å²) in [5, 5.41) is 33.4. The summed E-state index contributed by atoms with van der Waals surface area (Å²) in [6.07, 6.45) is -11.3. The fraction of sp³-hybridized carbons (Fsp3) is 0.500. The van der Waals surface area contributed by atoms with E-state index in [0.29, 0.717) is 0 Å². The van der Waals surface area contributed by atoms with E-state index in [0.717, 1.165) is 34.4 Å². The number of phosphoric acid groups is 3. The zero-order valence-electron chi connectivity index (χ0n) is 33.1. The average molecular weight is 987 g/mol. The summed E-state index contributed by atoms with van der Waals surface area (Å²) >= 11 is 0. The van der Waals surface area contributed by atoms with Crippen LogP contribution in [0.1, 0.15) is 25.1 Å². The first kappa shape index (κ1) is 46.3. The minimum absolute atomic E-state index is 0.0267. The molecule has 0 bridgehead atoms. The molecule has 0 aromatic carbocycles. The Kier molecular flexibility index (Phi) is 12.4. The Balaban J connectivity index is 0.910. The van der Waals surface area contributed by atoms with E-state index in [-0.39, 0.29) is 57.4 Å². The van der Waals surface area contributed by atoms with Crippen molar-refractivity contribution in [1.82, 2.24) is 58.6 Å². The highest BCUT2D eigenvalue weighted by Gasteiger charge is 2.51. The van der Waals surface area contributed by atoms with Gasteiger partial charge in [-0.3, -0.25) is 27.4 Å². The third-order valence-corrected chi connectivity index (χ3v) is 12.9. The number of aromatic nitrogens is 12. The molecule has 66 heavy (non-hydrogen) atoms. The average Bonchev–Trinajstić information content (AvgIpc) is 4.12. The number of anilines is 3. The van der Waals surface area contributed by atoms with Gasteiger partial charge in [-0.25, -0.2) is 44.9 Å². The van der Waals surface area contributed by atoms with Gasteiger partial charge in [0.2, 0.25) is 0 Å². The van der Waals surface area contributed by atoms with E-state index in [1.54, 1.807) is 0 Å². The number of aliphatic hydroxyl groups excluding tert-OH is 3. The summed E-state index contributed by atoms with van der Waals surface area (Å²) in [4.78, 5) is 83.6. The molecule has 0 aliphatic carbocycles. The van der Waals surface area contributed by atoms with Gasteiger partial charge < -0.3 is 88.9 Å². The molecular formula is C30H35N15O18P3-3. The van der Waals surface area contributed by atoms with Crippen molar-refractivity contribution in [3.05, 3.63) is 38.0 Å². The van der Waals surface area contributed by atoms with E-state index < -0.39 is 111 Å². The fourth-order valence-corrected chi connectivity index (χ4v) is 9.70. The molecule has 33 nitrogen and oxygen atoms in total. The number of aliphatic hydroxyl groups is 3. The van der Waals surface area contributed by atoms with Crippen LogP contribution in [0.4, 0.5) is 17.5 Å². The van der Waals surface area contributed by atoms with E-state index >= 15 is 0 Å². The second-order valence-electron chi connectivity index (χ2n) is 14.7. The minimum atomic E-state index is -5.67. The molecule has 3 unspecified atom stereocenters. The lowest BCUT2D eigenvalue weighted by molar-refractivity contribution is -0.238. The molecule has 3 aliphatic heterocycles. The van der Waals surface area contributed by atoms with Crippen LogP contribution in [-0.4, -0.2) is 147 Å². The number of nitrogens with zero attached hydrogens (tertiary/aromatic N) is 12. The number of imidazole rings is 3. The van der Waals surface area contributed by atoms with Crippen LogP contribution in [0, 0.1) is 0 Å². The highest BCUT2D eigenvalue weighted by atomic mass is 31.2. The number of ether oxygens (including phenoxy) is 3. The molecule has 9 heterocycles. The second-order valence-corrected chi connectivity index (χ2v) is 18.6. The van der Waals surface area contributed by atoms with Crippen LogP contribution >= 0.6 is 23.5 Å². The number of hydrogen-bond donors (Lipinski definition) is 7. The first-order chi connectivity index (χ1) is 31.3. The third-order valence-electron chi connectivity index (χ3n) is 10.5. The molecule has 6 aromatic heterocycles. The minimum Gasteiger partial charge on any atom is -0.756 e. The SMILES string of the molecule is Nc1ncnc2c1ncn2[C@@H]1O[C@H](COP(=O)([O-])O)[C@@H](O)[C@H]1OP(=O)([O-])OC[C@H]1O[C@@H](n2cnc3c(N)ncnc32)[C@H](OP(=O)([O-])OC[C@@H]2C[C@@H](O)[C@H](n3cnc4c(N)ncnc43)O2)[C@@H]1O. The van der Waals surface area contributed by atoms with Crippen molar-refractivity contribution < 1.29 is 85.4 Å². The fourth-order valence-electron chi connectivity index (χ4n) is 7.51. The third kappa shape index (κ3) is 9.11. The van der Waals surface area contributed by atoms with Gasteiger partial charge in [-0.05, 0) is 0 Å². The lowest BCUT2D eigenvalue weighted by atomic mass is 10.1. The first-order valence-corrected chi connectivity index (χ1v) is 23.4. The van der Waals surface area contributed by atoms with E-state index in [9.17, 15) is 43.7 Å². The Morgan fingerprint density at radius 1 is 0.591 bits per heavy atom. The molecule has 6 aromatic rings. The Hall–Kier alpha value is -4.86. The maximum Gasteiger partial charge on any atom is 0.268 e. The maximum absolute atomic E-state index is 13.5. The maximum atomic E-state index is 13.5. The van der Waals surface area contributed by atoms with Gasteiger partial charge in [-0.2, -0.15) is 0 Å². The van der Waals surface area contributed by atoms with Crippen LogP contribution in [0.2, 0.25) is 0 Å². The summed E-state index contributed by atoms with van der Waals surface area (Å²) < 4.78 is 84.6. The largest absolute Gasteiger partial charge is 0.756 e. The van der Waals surface area contributed by atoms with Gasteiger partial charge in [0.05, 0.1) is 44.9 Å². The molecule has 10 N–H and O–H groups in total. The van der Waals surface area contributed by atoms with Crippen molar-refractivity contribution in [2.45, 2.75) is 73.9 Å². The molecular weight excluding hydrogens is 951 g/mol. The molecule has 0 saturated carbocycles. The quantitative estimate of drug-likeness (QED) is 0.0451. The molecule has 0 spiro atoms. The topological polar surface area (TPSA) is 484 Å². The lowest BCUT2D eigenvalue weighted by Gasteiger charge is -2.31. The summed E-state index contributed by atoms with van der Waals surface area (Å²) in [5.74, 6) is -0.0971. The molecule has 0 amide bonds. The number of fused-ring (bicyclic) bond motifs is 3. The van der Waals surface area contributed by atoms with Crippen molar-refractivity contribution >= 4 is 74.4 Å². The first-order valence-electron chi connectivity index (χ1n) is 19.0. The summed E-state index contributed by atoms with van der Waals surface area (Å²) in [6.45, 7) is -2.79. The van der Waals surface area contributed by atoms with Crippen LogP contribution in [0.3, 0.4) is 0 Å². The number of hydrogen-bond acceptors (Lipinski definition) is 29. The highest BCUT2D eigenvalue weighted by molar-refractivity contribution is 7.46. The van der Waals surface area contributed by atoms with Crippen LogP contribution in [0.15, 0.2) is 38.0 Å². The normalized spacial score (nSPS) is 30.9. The predicted octanol–water partition coefficient (Wildman–Crippen LogP) is -4.36. The van der Waals surface area contributed by atoms with E-state index in [1.807, 2.05) is 0 Å². The second kappa shape index (κ2) is 17.7. The summed E-state index contributed by atoms with van der Waals surface area (Å²) in [6, 6.07) is 0. The molecule has 14 atom stereocenters. The highest BCUT2D eigenvalue weighted by Crippen LogP contribution is 2.50. The zero-order chi connectivity index (χ0) is 46.9. The Labute approximate surface area is 366 Å². The molecule has 3 saturated heterocycles. The Morgan fingerprint density at radius 3 is 1.41 bits per heavy atom. The van der Waals surface area contributed by atoms with Crippen molar-refractivity contribution in [2.24, 2.45) is 0 Å². The van der Waals surface area contributed by atoms with E-state index in [1.165, 1.54) is 17.2 Å². The Bertz CT molecular complexity index is 2900. The summed E-state index contributed by atoms with van der Waals surface area (Å²) in [5.41, 5.74) is 18.1. The molecule has 3 aliphatic rings. The van der Waals surface area contributed by atoms with Crippen molar-refractivity contribution in [3.8, 4) is 0 Å². The molecule has 0 radical (unpaired) electrons. The summed E-state index contributed by atoms with van der Waals surface area (Å²) in [7, 11) is -16.5. The number of rotatable bonds is 16. The van der Waals surface area contributed by atoms with Gasteiger partial charge in [0.25, 0.3) is 23.5 Å². The van der Waals surface area contributed by atoms with Crippen LogP contribution in [-0.2, 0) is 50.5 Å². The van der Waals surface area contributed by atoms with Crippen LogP contribution in [0.25, 0.3) is 33.5 Å². The van der Waals surface area contributed by atoms with Gasteiger partial charge in [0.1, 0.15) is 78.3 Å². The van der Waals surface area contributed by atoms with E-state index in [2.05, 4.69) is 49.4 Å². The van der Waals surface area contributed by atoms with E-state index in [4.69, 9.17) is 54.4 Å². The predicted molar refractivity (Wildman–Crippen MR) is 206 cm³/mol. The Morgan fingerprint density at radius 2 is 0.985 bits per heavy atom. The monoisotopic (exact) mass is 986 g/mol. The lowest BCUT2D eigenvalue weighted by Crippen LogP contribution is -2.38. The molecule has 356 valence electrons. The standard InChI is InChI=1S/C30H38N15O18P3/c31-22-15-25(37-5-34-22)43(8-40-15)28-12(46)1-11(59-28)2-57-65(52,53)62-21-19(48)14(61-30(21)45-10-42-17-24(33)36-7-39-27(17)45)4-58-66(54,55)63-20-18(47)13(3-56-64(49,50)51)60-29(20)44-9-41-16-23(32)35-6-38-26(16)44/h5-14,18-21,28-30,46-48H,1-4H2,(H,52,53)(H,54,55)(H2,31,34,37)(H2,32,35,38)(H2,33,36,39)(H2,49,50,51)/p-3/t11-,12+,13+,14+,18+,19+,20+,21+,28+,29+,30+/m0/s1. The van der Waals surface area contributed by atoms with Crippen LogP contribution < -0.4 is 31.9 Å². The van der Waals surface area contributed by atoms with Gasteiger partial charge in [-0.15, -0.1) is 0 Å². The van der Waals surface area contributed by atoms with Crippen LogP contribution in [0.5, 0.6) is 0 Å². The van der Waals surface area contributed by atoms with Gasteiger partial charge >= 0.3 is 0 Å². The number of nitrogens with two attached hydrogens (primary N) is 3. The molecule has 3 fully saturated rings. The smallest absolute Gasteiger partial charge is 0.268 e. The zero-order valence-corrected chi connectivity index (χ0v) is 35.8. The van der Waals surface area contributed by atoms with Crippen molar-refractivity contribution in [3.63, 3.8) is 0 Å². The van der Waals surface area contributed by atoms with Crippen molar-refractivity contribution in [2.75, 3.05) is 37.0 Å². The molecule has 9 rings (SSSR count). The van der Waals surface area contributed by atoms with Gasteiger partial charge in [0.15, 0.2) is 53.1 Å². The number of nitrogen functional groups attached to an aromatic ring is 3. The van der Waals surface area contributed by atoms with Crippen molar-refractivity contribution in [1.29, 1.82) is 0 Å². The number of phosphoric ester groups is 3. The van der Waals surface area contributed by atoms with Gasteiger partial charge in [-0.1, -0.05) is 0 Å². The van der Waals surface area contributed by atoms with Gasteiger partial charge in [0, 0.05) is 6.42 Å². The molecule has 36 heteroatoms.